The fraction of sp³-hybridized carbons (Fsp3) is 0.417. The van der Waals surface area contributed by atoms with Gasteiger partial charge in [-0.05, 0) is 30.5 Å². The van der Waals surface area contributed by atoms with E-state index in [2.05, 4.69) is 15.9 Å². The van der Waals surface area contributed by atoms with Crippen molar-refractivity contribution in [3.8, 4) is 0 Å². The first kappa shape index (κ1) is 13.0. The first-order chi connectivity index (χ1) is 7.60. The van der Waals surface area contributed by atoms with Crippen LogP contribution in [-0.4, -0.2) is 12.6 Å². The van der Waals surface area contributed by atoms with Crippen molar-refractivity contribution >= 4 is 27.6 Å². The number of anilines is 1. The molecule has 16 heavy (non-hydrogen) atoms. The third kappa shape index (κ3) is 2.98. The zero-order chi connectivity index (χ0) is 12.1. The van der Waals surface area contributed by atoms with Gasteiger partial charge in [0.1, 0.15) is 0 Å². The summed E-state index contributed by atoms with van der Waals surface area (Å²) >= 11 is 3.36. The number of rotatable bonds is 4. The van der Waals surface area contributed by atoms with E-state index in [4.69, 9.17) is 10.5 Å². The fourth-order valence-electron chi connectivity index (χ4n) is 1.41. The minimum Gasteiger partial charge on any atom is -0.462 e. The maximum absolute atomic E-state index is 11.7. The Hall–Kier alpha value is -1.03. The minimum atomic E-state index is -0.352. The molecule has 1 rings (SSSR count). The Labute approximate surface area is 104 Å². The first-order valence-electron chi connectivity index (χ1n) is 5.35. The molecule has 0 saturated carbocycles. The van der Waals surface area contributed by atoms with Crippen LogP contribution in [0.1, 0.15) is 36.2 Å². The van der Waals surface area contributed by atoms with E-state index in [1.54, 1.807) is 6.07 Å². The Balaban J connectivity index is 3.03. The van der Waals surface area contributed by atoms with Crippen molar-refractivity contribution < 1.29 is 9.53 Å². The van der Waals surface area contributed by atoms with Crippen LogP contribution in [0.25, 0.3) is 0 Å². The topological polar surface area (TPSA) is 52.3 Å². The van der Waals surface area contributed by atoms with Crippen molar-refractivity contribution in [2.45, 2.75) is 26.7 Å². The molecule has 1 aromatic rings. The molecular formula is C12H16BrNO2. The average Bonchev–Trinajstić information content (AvgIpc) is 2.28. The normalized spacial score (nSPS) is 10.2. The van der Waals surface area contributed by atoms with Crippen LogP contribution in [0.5, 0.6) is 0 Å². The zero-order valence-corrected chi connectivity index (χ0v) is 11.1. The lowest BCUT2D eigenvalue weighted by atomic mass is 10.1. The van der Waals surface area contributed by atoms with Gasteiger partial charge in [-0.25, -0.2) is 4.79 Å². The van der Waals surface area contributed by atoms with Gasteiger partial charge in [0.25, 0.3) is 0 Å². The summed E-state index contributed by atoms with van der Waals surface area (Å²) in [6.07, 6.45) is 1.60. The van der Waals surface area contributed by atoms with E-state index in [-0.39, 0.29) is 5.97 Å². The molecule has 0 heterocycles. The van der Waals surface area contributed by atoms with Crippen LogP contribution in [0.2, 0.25) is 0 Å². The molecule has 0 unspecified atom stereocenters. The van der Waals surface area contributed by atoms with Gasteiger partial charge in [0.05, 0.1) is 12.2 Å². The minimum absolute atomic E-state index is 0.352. The van der Waals surface area contributed by atoms with Crippen molar-refractivity contribution in [1.82, 2.24) is 0 Å². The highest BCUT2D eigenvalue weighted by atomic mass is 79.9. The van der Waals surface area contributed by atoms with Crippen LogP contribution in [0.3, 0.4) is 0 Å². The lowest BCUT2D eigenvalue weighted by Gasteiger charge is -2.10. The molecule has 0 aliphatic heterocycles. The highest BCUT2D eigenvalue weighted by molar-refractivity contribution is 9.10. The standard InChI is InChI=1S/C12H16BrNO2/c1-3-5-16-12(15)10-7-9(13)6-8(4-2)11(10)14/h6-7H,3-5,14H2,1-2H3. The highest BCUT2D eigenvalue weighted by Gasteiger charge is 2.14. The van der Waals surface area contributed by atoms with Gasteiger partial charge in [-0.2, -0.15) is 0 Å². The number of nitrogen functional groups attached to an aromatic ring is 1. The predicted octanol–water partition coefficient (Wildman–Crippen LogP) is 3.16. The van der Waals surface area contributed by atoms with E-state index in [1.807, 2.05) is 19.9 Å². The van der Waals surface area contributed by atoms with Crippen LogP contribution in [-0.2, 0) is 11.2 Å². The average molecular weight is 286 g/mol. The monoisotopic (exact) mass is 285 g/mol. The summed E-state index contributed by atoms with van der Waals surface area (Å²) in [7, 11) is 0. The number of esters is 1. The molecule has 0 aliphatic rings. The number of nitrogens with two attached hydrogens (primary N) is 1. The molecule has 0 bridgehead atoms. The molecule has 0 aromatic heterocycles. The Kier molecular flexibility index (Phi) is 4.80. The van der Waals surface area contributed by atoms with Crippen molar-refractivity contribution in [3.05, 3.63) is 27.7 Å². The number of benzene rings is 1. The molecule has 0 amide bonds. The summed E-state index contributed by atoms with van der Waals surface area (Å²) in [5.41, 5.74) is 7.83. The van der Waals surface area contributed by atoms with E-state index in [1.165, 1.54) is 0 Å². The first-order valence-corrected chi connectivity index (χ1v) is 6.14. The highest BCUT2D eigenvalue weighted by Crippen LogP contribution is 2.25. The van der Waals surface area contributed by atoms with Crippen LogP contribution in [0.15, 0.2) is 16.6 Å². The maximum atomic E-state index is 11.7. The number of hydrogen-bond acceptors (Lipinski definition) is 3. The Morgan fingerprint density at radius 3 is 2.69 bits per heavy atom. The molecule has 0 saturated heterocycles. The molecule has 0 spiro atoms. The third-order valence-electron chi connectivity index (χ3n) is 2.27. The maximum Gasteiger partial charge on any atom is 0.340 e. The molecule has 4 heteroatoms. The quantitative estimate of drug-likeness (QED) is 0.683. The summed E-state index contributed by atoms with van der Waals surface area (Å²) in [4.78, 5) is 11.7. The van der Waals surface area contributed by atoms with Gasteiger partial charge in [0.2, 0.25) is 0 Å². The molecular weight excluding hydrogens is 270 g/mol. The van der Waals surface area contributed by atoms with Gasteiger partial charge < -0.3 is 10.5 Å². The van der Waals surface area contributed by atoms with Crippen LogP contribution < -0.4 is 5.73 Å². The van der Waals surface area contributed by atoms with Gasteiger partial charge in [-0.3, -0.25) is 0 Å². The van der Waals surface area contributed by atoms with E-state index in [0.29, 0.717) is 17.9 Å². The van der Waals surface area contributed by atoms with Crippen molar-refractivity contribution in [2.24, 2.45) is 0 Å². The third-order valence-corrected chi connectivity index (χ3v) is 2.73. The molecule has 3 nitrogen and oxygen atoms in total. The second kappa shape index (κ2) is 5.89. The van der Waals surface area contributed by atoms with Crippen molar-refractivity contribution in [2.75, 3.05) is 12.3 Å². The number of halogens is 1. The second-order valence-electron chi connectivity index (χ2n) is 3.52. The summed E-state index contributed by atoms with van der Waals surface area (Å²) in [6, 6.07) is 3.62. The Bertz CT molecular complexity index is 391. The van der Waals surface area contributed by atoms with E-state index in [9.17, 15) is 4.79 Å². The molecule has 88 valence electrons. The number of ether oxygens (including phenoxy) is 1. The molecule has 1 aromatic carbocycles. The van der Waals surface area contributed by atoms with Crippen LogP contribution in [0, 0.1) is 0 Å². The van der Waals surface area contributed by atoms with E-state index >= 15 is 0 Å². The molecule has 0 aliphatic carbocycles. The number of hydrogen-bond donors (Lipinski definition) is 1. The number of carbonyl (C=O) groups is 1. The van der Waals surface area contributed by atoms with Crippen LogP contribution in [0.4, 0.5) is 5.69 Å². The summed E-state index contributed by atoms with van der Waals surface area (Å²) in [5, 5.41) is 0. The summed E-state index contributed by atoms with van der Waals surface area (Å²) in [5.74, 6) is -0.352. The van der Waals surface area contributed by atoms with Gasteiger partial charge in [0.15, 0.2) is 0 Å². The van der Waals surface area contributed by atoms with Gasteiger partial charge in [-0.15, -0.1) is 0 Å². The van der Waals surface area contributed by atoms with Gasteiger partial charge in [0, 0.05) is 10.2 Å². The van der Waals surface area contributed by atoms with Crippen molar-refractivity contribution in [3.63, 3.8) is 0 Å². The van der Waals surface area contributed by atoms with Gasteiger partial charge >= 0.3 is 5.97 Å². The number of carbonyl (C=O) groups excluding carboxylic acids is 1. The smallest absolute Gasteiger partial charge is 0.340 e. The Morgan fingerprint density at radius 2 is 2.12 bits per heavy atom. The van der Waals surface area contributed by atoms with Crippen molar-refractivity contribution in [1.29, 1.82) is 0 Å². The molecule has 0 atom stereocenters. The lowest BCUT2D eigenvalue weighted by molar-refractivity contribution is 0.0506. The largest absolute Gasteiger partial charge is 0.462 e. The van der Waals surface area contributed by atoms with E-state index in [0.717, 1.165) is 22.9 Å². The summed E-state index contributed by atoms with van der Waals surface area (Å²) < 4.78 is 5.92. The molecule has 0 fully saturated rings. The predicted molar refractivity (Wildman–Crippen MR) is 68.5 cm³/mol. The number of aryl methyl sites for hydroxylation is 1. The second-order valence-corrected chi connectivity index (χ2v) is 4.43. The van der Waals surface area contributed by atoms with Gasteiger partial charge in [-0.1, -0.05) is 29.8 Å². The SMILES string of the molecule is CCCOC(=O)c1cc(Br)cc(CC)c1N. The van der Waals surface area contributed by atoms with Crippen LogP contribution >= 0.6 is 15.9 Å². The fourth-order valence-corrected chi connectivity index (χ4v) is 1.91. The molecule has 0 radical (unpaired) electrons. The Morgan fingerprint density at radius 1 is 1.44 bits per heavy atom. The van der Waals surface area contributed by atoms with E-state index < -0.39 is 0 Å². The molecule has 2 N–H and O–H groups in total. The summed E-state index contributed by atoms with van der Waals surface area (Å²) in [6.45, 7) is 4.38. The zero-order valence-electron chi connectivity index (χ0n) is 9.55. The lowest BCUT2D eigenvalue weighted by Crippen LogP contribution is -2.10.